The Balaban J connectivity index is 1.80. The summed E-state index contributed by atoms with van der Waals surface area (Å²) in [4.78, 5) is 28.8. The van der Waals surface area contributed by atoms with E-state index in [1.54, 1.807) is 18.2 Å². The number of hydrogen-bond donors (Lipinski definition) is 1. The Morgan fingerprint density at radius 2 is 1.83 bits per heavy atom. The Hall–Kier alpha value is -2.21. The number of carbonyl (C=O) groups excluding carboxylic acids is 1. The fraction of sp³-hybridized carbons (Fsp3) is 0.471. The van der Waals surface area contributed by atoms with Gasteiger partial charge in [0.25, 0.3) is 11.5 Å². The number of carbonyl (C=O) groups is 1. The average molecular weight is 314 g/mol. The summed E-state index contributed by atoms with van der Waals surface area (Å²) in [6.07, 6.45) is 0. The SMILES string of the molecule is CC(C)CN1CCN(C(=O)c2n[nH]c(=O)c3ccccc23)CC1. The molecule has 0 bridgehead atoms. The van der Waals surface area contributed by atoms with Gasteiger partial charge in [-0.3, -0.25) is 14.5 Å². The molecule has 0 unspecified atom stereocenters. The van der Waals surface area contributed by atoms with Crippen molar-refractivity contribution in [2.75, 3.05) is 32.7 Å². The average Bonchev–Trinajstić information content (AvgIpc) is 2.55. The second-order valence-corrected chi connectivity index (χ2v) is 6.43. The van der Waals surface area contributed by atoms with Gasteiger partial charge in [0.2, 0.25) is 0 Å². The van der Waals surface area contributed by atoms with Gasteiger partial charge in [-0.1, -0.05) is 32.0 Å². The summed E-state index contributed by atoms with van der Waals surface area (Å²) < 4.78 is 0. The Kier molecular flexibility index (Phi) is 4.43. The van der Waals surface area contributed by atoms with Crippen molar-refractivity contribution in [3.05, 3.63) is 40.3 Å². The third-order valence-electron chi connectivity index (χ3n) is 4.18. The molecule has 6 nitrogen and oxygen atoms in total. The first-order valence-electron chi connectivity index (χ1n) is 8.05. The molecule has 0 aliphatic carbocycles. The number of fused-ring (bicyclic) bond motifs is 1. The zero-order valence-corrected chi connectivity index (χ0v) is 13.6. The highest BCUT2D eigenvalue weighted by Gasteiger charge is 2.25. The van der Waals surface area contributed by atoms with Crippen LogP contribution in [0.25, 0.3) is 10.8 Å². The van der Waals surface area contributed by atoms with Crippen molar-refractivity contribution in [1.29, 1.82) is 0 Å². The summed E-state index contributed by atoms with van der Waals surface area (Å²) in [6.45, 7) is 8.61. The van der Waals surface area contributed by atoms with Crippen LogP contribution in [0.3, 0.4) is 0 Å². The maximum Gasteiger partial charge on any atom is 0.275 e. The van der Waals surface area contributed by atoms with Gasteiger partial charge >= 0.3 is 0 Å². The van der Waals surface area contributed by atoms with Crippen LogP contribution in [0.15, 0.2) is 29.1 Å². The number of piperazine rings is 1. The lowest BCUT2D eigenvalue weighted by Crippen LogP contribution is -2.49. The summed E-state index contributed by atoms with van der Waals surface area (Å²) in [6, 6.07) is 7.10. The summed E-state index contributed by atoms with van der Waals surface area (Å²) in [5.74, 6) is 0.517. The number of benzene rings is 1. The first kappa shape index (κ1) is 15.7. The van der Waals surface area contributed by atoms with Gasteiger partial charge in [-0.2, -0.15) is 5.10 Å². The lowest BCUT2D eigenvalue weighted by atomic mass is 10.1. The summed E-state index contributed by atoms with van der Waals surface area (Å²) in [7, 11) is 0. The minimum absolute atomic E-state index is 0.110. The van der Waals surface area contributed by atoms with Crippen molar-refractivity contribution in [2.24, 2.45) is 5.92 Å². The van der Waals surface area contributed by atoms with E-state index in [-0.39, 0.29) is 11.5 Å². The van der Waals surface area contributed by atoms with Crippen LogP contribution < -0.4 is 5.56 Å². The van der Waals surface area contributed by atoms with Crippen LogP contribution in [0, 0.1) is 5.92 Å². The van der Waals surface area contributed by atoms with Crippen LogP contribution in [0.5, 0.6) is 0 Å². The summed E-state index contributed by atoms with van der Waals surface area (Å²) >= 11 is 0. The quantitative estimate of drug-likeness (QED) is 0.928. The Morgan fingerprint density at radius 3 is 2.48 bits per heavy atom. The number of hydrogen-bond acceptors (Lipinski definition) is 4. The van der Waals surface area contributed by atoms with Crippen LogP contribution in [-0.4, -0.2) is 58.6 Å². The van der Waals surface area contributed by atoms with Crippen LogP contribution in [-0.2, 0) is 0 Å². The van der Waals surface area contributed by atoms with Crippen molar-refractivity contribution in [1.82, 2.24) is 20.0 Å². The number of aromatic amines is 1. The Bertz CT molecular complexity index is 761. The highest BCUT2D eigenvalue weighted by molar-refractivity contribution is 6.04. The normalized spacial score (nSPS) is 16.2. The molecule has 1 amide bonds. The Morgan fingerprint density at radius 1 is 1.17 bits per heavy atom. The second kappa shape index (κ2) is 6.50. The molecule has 1 aromatic carbocycles. The van der Waals surface area contributed by atoms with E-state index in [0.29, 0.717) is 35.5 Å². The fourth-order valence-corrected chi connectivity index (χ4v) is 3.08. The lowest BCUT2D eigenvalue weighted by Gasteiger charge is -2.35. The highest BCUT2D eigenvalue weighted by Crippen LogP contribution is 2.15. The molecule has 1 saturated heterocycles. The molecule has 0 atom stereocenters. The van der Waals surface area contributed by atoms with E-state index in [0.717, 1.165) is 19.6 Å². The number of aromatic nitrogens is 2. The molecule has 1 fully saturated rings. The zero-order chi connectivity index (χ0) is 16.4. The van der Waals surface area contributed by atoms with Gasteiger partial charge in [0.1, 0.15) is 0 Å². The smallest absolute Gasteiger partial charge is 0.275 e. The van der Waals surface area contributed by atoms with Crippen molar-refractivity contribution < 1.29 is 4.79 Å². The van der Waals surface area contributed by atoms with E-state index in [1.807, 2.05) is 11.0 Å². The predicted octanol–water partition coefficient (Wildman–Crippen LogP) is 1.34. The minimum atomic E-state index is -0.265. The molecule has 3 rings (SSSR count). The number of nitrogens with one attached hydrogen (secondary N) is 1. The topological polar surface area (TPSA) is 69.3 Å². The number of amides is 1. The maximum absolute atomic E-state index is 12.8. The van der Waals surface area contributed by atoms with E-state index in [4.69, 9.17) is 0 Å². The number of H-pyrrole nitrogens is 1. The van der Waals surface area contributed by atoms with E-state index in [9.17, 15) is 9.59 Å². The molecule has 2 heterocycles. The second-order valence-electron chi connectivity index (χ2n) is 6.43. The molecular weight excluding hydrogens is 292 g/mol. The highest BCUT2D eigenvalue weighted by atomic mass is 16.2. The Labute approximate surface area is 135 Å². The molecule has 122 valence electrons. The van der Waals surface area contributed by atoms with Gasteiger partial charge < -0.3 is 4.90 Å². The van der Waals surface area contributed by atoms with Gasteiger partial charge in [0.05, 0.1) is 5.39 Å². The van der Waals surface area contributed by atoms with E-state index in [1.165, 1.54) is 0 Å². The molecule has 0 spiro atoms. The standard InChI is InChI=1S/C17H22N4O2/c1-12(2)11-20-7-9-21(10-8-20)17(23)15-13-5-3-4-6-14(13)16(22)19-18-15/h3-6,12H,7-11H2,1-2H3,(H,19,22). The first-order valence-corrected chi connectivity index (χ1v) is 8.05. The molecular formula is C17H22N4O2. The van der Waals surface area contributed by atoms with Gasteiger partial charge in [-0.15, -0.1) is 0 Å². The summed E-state index contributed by atoms with van der Waals surface area (Å²) in [5.41, 5.74) is 0.0661. The van der Waals surface area contributed by atoms with Gasteiger partial charge in [-0.25, -0.2) is 5.10 Å². The van der Waals surface area contributed by atoms with E-state index >= 15 is 0 Å². The van der Waals surface area contributed by atoms with Gasteiger partial charge in [0, 0.05) is 38.1 Å². The monoisotopic (exact) mass is 314 g/mol. The van der Waals surface area contributed by atoms with Crippen LogP contribution in [0.4, 0.5) is 0 Å². The molecule has 0 radical (unpaired) electrons. The van der Waals surface area contributed by atoms with Crippen molar-refractivity contribution in [3.63, 3.8) is 0 Å². The summed E-state index contributed by atoms with van der Waals surface area (Å²) in [5, 5.41) is 7.56. The zero-order valence-electron chi connectivity index (χ0n) is 13.6. The van der Waals surface area contributed by atoms with Crippen molar-refractivity contribution in [3.8, 4) is 0 Å². The molecule has 1 aliphatic heterocycles. The third-order valence-corrected chi connectivity index (χ3v) is 4.18. The van der Waals surface area contributed by atoms with Crippen LogP contribution in [0.2, 0.25) is 0 Å². The van der Waals surface area contributed by atoms with Crippen LogP contribution >= 0.6 is 0 Å². The molecule has 2 aromatic rings. The van der Waals surface area contributed by atoms with E-state index < -0.39 is 0 Å². The van der Waals surface area contributed by atoms with Crippen molar-refractivity contribution in [2.45, 2.75) is 13.8 Å². The molecule has 0 saturated carbocycles. The van der Waals surface area contributed by atoms with Crippen molar-refractivity contribution >= 4 is 16.7 Å². The van der Waals surface area contributed by atoms with Gasteiger partial charge in [-0.05, 0) is 12.0 Å². The first-order chi connectivity index (χ1) is 11.1. The van der Waals surface area contributed by atoms with Crippen LogP contribution in [0.1, 0.15) is 24.3 Å². The van der Waals surface area contributed by atoms with E-state index in [2.05, 4.69) is 28.9 Å². The maximum atomic E-state index is 12.8. The third kappa shape index (κ3) is 3.27. The minimum Gasteiger partial charge on any atom is -0.335 e. The predicted molar refractivity (Wildman–Crippen MR) is 89.5 cm³/mol. The molecule has 1 aromatic heterocycles. The molecule has 6 heteroatoms. The lowest BCUT2D eigenvalue weighted by molar-refractivity contribution is 0.0619. The molecule has 1 N–H and O–H groups in total. The molecule has 1 aliphatic rings. The largest absolute Gasteiger partial charge is 0.335 e. The number of nitrogens with zero attached hydrogens (tertiary/aromatic N) is 3. The molecule has 23 heavy (non-hydrogen) atoms. The number of rotatable bonds is 3. The fourth-order valence-electron chi connectivity index (χ4n) is 3.08. The van der Waals surface area contributed by atoms with Gasteiger partial charge in [0.15, 0.2) is 5.69 Å².